The van der Waals surface area contributed by atoms with Crippen LogP contribution in [-0.4, -0.2) is 11.5 Å². The maximum Gasteiger partial charge on any atom is 0.159 e. The fourth-order valence-corrected chi connectivity index (χ4v) is 2.21. The van der Waals surface area contributed by atoms with Crippen molar-refractivity contribution in [3.05, 3.63) is 65.0 Å². The molecule has 2 nitrogen and oxygen atoms in total. The Morgan fingerprint density at radius 1 is 1.14 bits per heavy atom. The van der Waals surface area contributed by atoms with E-state index in [4.69, 9.17) is 0 Å². The van der Waals surface area contributed by atoms with E-state index in [1.54, 1.807) is 6.07 Å². The van der Waals surface area contributed by atoms with Gasteiger partial charge >= 0.3 is 0 Å². The Hall–Kier alpha value is -1.81. The molecular weight excluding hydrogens is 270 g/mol. The van der Waals surface area contributed by atoms with Crippen LogP contribution in [0.15, 0.2) is 36.5 Å². The van der Waals surface area contributed by atoms with E-state index >= 15 is 0 Å². The van der Waals surface area contributed by atoms with E-state index in [1.807, 2.05) is 25.3 Å². The zero-order chi connectivity index (χ0) is 15.2. The van der Waals surface area contributed by atoms with Gasteiger partial charge in [0.05, 0.1) is 0 Å². The largest absolute Gasteiger partial charge is 0.310 e. The number of pyridine rings is 1. The lowest BCUT2D eigenvalue weighted by atomic mass is 9.99. The maximum absolute atomic E-state index is 13.3. The average molecular weight is 290 g/mol. The van der Waals surface area contributed by atoms with Crippen LogP contribution in [0.2, 0.25) is 0 Å². The van der Waals surface area contributed by atoms with Gasteiger partial charge in [0.25, 0.3) is 0 Å². The van der Waals surface area contributed by atoms with E-state index in [2.05, 4.69) is 17.2 Å². The van der Waals surface area contributed by atoms with Gasteiger partial charge in [0, 0.05) is 17.9 Å². The predicted octanol–water partition coefficient (Wildman–Crippen LogP) is 3.95. The fourth-order valence-electron chi connectivity index (χ4n) is 2.21. The molecule has 0 aliphatic carbocycles. The second-order valence-electron chi connectivity index (χ2n) is 5.19. The summed E-state index contributed by atoms with van der Waals surface area (Å²) >= 11 is 0. The van der Waals surface area contributed by atoms with Gasteiger partial charge in [0.15, 0.2) is 11.6 Å². The van der Waals surface area contributed by atoms with Crippen LogP contribution < -0.4 is 5.32 Å². The summed E-state index contributed by atoms with van der Waals surface area (Å²) in [6.45, 7) is 4.89. The molecule has 0 bridgehead atoms. The molecule has 2 aromatic rings. The predicted molar refractivity (Wildman–Crippen MR) is 80.1 cm³/mol. The molecule has 0 fully saturated rings. The molecule has 4 heteroatoms. The topological polar surface area (TPSA) is 24.9 Å². The third kappa shape index (κ3) is 4.33. The smallest absolute Gasteiger partial charge is 0.159 e. The minimum atomic E-state index is -0.811. The Morgan fingerprint density at radius 3 is 2.57 bits per heavy atom. The summed E-state index contributed by atoms with van der Waals surface area (Å²) in [6.07, 6.45) is 3.44. The Morgan fingerprint density at radius 2 is 1.95 bits per heavy atom. The Labute approximate surface area is 124 Å². The van der Waals surface area contributed by atoms with E-state index < -0.39 is 11.6 Å². The summed E-state index contributed by atoms with van der Waals surface area (Å²) in [5.74, 6) is -1.61. The lowest BCUT2D eigenvalue weighted by molar-refractivity contribution is 0.500. The van der Waals surface area contributed by atoms with Gasteiger partial charge in [-0.1, -0.05) is 19.1 Å². The van der Waals surface area contributed by atoms with Gasteiger partial charge in [-0.05, 0) is 55.6 Å². The van der Waals surface area contributed by atoms with E-state index in [-0.39, 0.29) is 6.04 Å². The highest BCUT2D eigenvalue weighted by Crippen LogP contribution is 2.19. The first kappa shape index (κ1) is 15.6. The van der Waals surface area contributed by atoms with E-state index in [1.165, 1.54) is 12.1 Å². The second-order valence-corrected chi connectivity index (χ2v) is 5.19. The van der Waals surface area contributed by atoms with Gasteiger partial charge in [-0.15, -0.1) is 0 Å². The molecule has 0 saturated carbocycles. The van der Waals surface area contributed by atoms with Crippen molar-refractivity contribution in [2.75, 3.05) is 6.54 Å². The fraction of sp³-hybridized carbons (Fsp3) is 0.353. The van der Waals surface area contributed by atoms with Gasteiger partial charge in [0.2, 0.25) is 0 Å². The quantitative estimate of drug-likeness (QED) is 0.871. The van der Waals surface area contributed by atoms with Crippen molar-refractivity contribution in [3.8, 4) is 0 Å². The summed E-state index contributed by atoms with van der Waals surface area (Å²) in [7, 11) is 0. The van der Waals surface area contributed by atoms with Crippen LogP contribution in [-0.2, 0) is 6.42 Å². The van der Waals surface area contributed by atoms with Crippen molar-refractivity contribution in [3.63, 3.8) is 0 Å². The van der Waals surface area contributed by atoms with Crippen LogP contribution in [0.25, 0.3) is 0 Å². The minimum absolute atomic E-state index is 0.0444. The third-order valence-corrected chi connectivity index (χ3v) is 3.40. The highest BCUT2D eigenvalue weighted by Gasteiger charge is 2.13. The molecule has 0 amide bonds. The maximum atomic E-state index is 13.3. The highest BCUT2D eigenvalue weighted by molar-refractivity contribution is 5.24. The first-order chi connectivity index (χ1) is 10.1. The molecule has 0 saturated heterocycles. The molecule has 0 spiro atoms. The van der Waals surface area contributed by atoms with Crippen LogP contribution >= 0.6 is 0 Å². The zero-order valence-corrected chi connectivity index (χ0v) is 12.4. The number of aryl methyl sites for hydroxylation is 1. The number of nitrogens with zero attached hydrogens (tertiary/aromatic N) is 1. The monoisotopic (exact) mass is 290 g/mol. The number of benzene rings is 1. The van der Waals surface area contributed by atoms with Crippen molar-refractivity contribution in [1.29, 1.82) is 0 Å². The summed E-state index contributed by atoms with van der Waals surface area (Å²) in [6, 6.07) is 8.09. The molecule has 1 aromatic carbocycles. The molecule has 112 valence electrons. The summed E-state index contributed by atoms with van der Waals surface area (Å²) in [5.41, 5.74) is 2.78. The third-order valence-electron chi connectivity index (χ3n) is 3.40. The molecule has 1 atom stereocenters. The van der Waals surface area contributed by atoms with Crippen molar-refractivity contribution in [1.82, 2.24) is 10.3 Å². The molecule has 0 aliphatic rings. The van der Waals surface area contributed by atoms with Gasteiger partial charge in [0.1, 0.15) is 0 Å². The summed E-state index contributed by atoms with van der Waals surface area (Å²) in [5, 5.41) is 3.43. The number of aromatic nitrogens is 1. The molecule has 21 heavy (non-hydrogen) atoms. The second kappa shape index (κ2) is 7.27. The minimum Gasteiger partial charge on any atom is -0.310 e. The van der Waals surface area contributed by atoms with Crippen LogP contribution in [0, 0.1) is 18.6 Å². The van der Waals surface area contributed by atoms with Crippen molar-refractivity contribution >= 4 is 0 Å². The number of nitrogens with one attached hydrogen (secondary N) is 1. The molecule has 0 aliphatic heterocycles. The molecule has 1 N–H and O–H groups in total. The normalized spacial score (nSPS) is 12.4. The Bertz CT molecular complexity index is 582. The molecular formula is C17H20F2N2. The van der Waals surface area contributed by atoms with Gasteiger partial charge in [-0.25, -0.2) is 8.78 Å². The van der Waals surface area contributed by atoms with Crippen LogP contribution in [0.4, 0.5) is 8.78 Å². The Balaban J connectivity index is 2.19. The molecule has 1 heterocycles. The molecule has 2 rings (SSSR count). The average Bonchev–Trinajstić information content (AvgIpc) is 2.48. The van der Waals surface area contributed by atoms with E-state index in [0.717, 1.165) is 29.8 Å². The van der Waals surface area contributed by atoms with Gasteiger partial charge < -0.3 is 5.32 Å². The number of halogens is 2. The molecule has 0 radical (unpaired) electrons. The van der Waals surface area contributed by atoms with Crippen molar-refractivity contribution < 1.29 is 8.78 Å². The van der Waals surface area contributed by atoms with Crippen molar-refractivity contribution in [2.45, 2.75) is 32.7 Å². The number of hydrogen-bond donors (Lipinski definition) is 1. The SMILES string of the molecule is CCCNC(Cc1ccc(F)c(F)c1)c1ccc(C)nc1. The highest BCUT2D eigenvalue weighted by atomic mass is 19.2. The Kier molecular flexibility index (Phi) is 5.39. The number of rotatable bonds is 6. The van der Waals surface area contributed by atoms with E-state index in [0.29, 0.717) is 6.42 Å². The van der Waals surface area contributed by atoms with Crippen LogP contribution in [0.5, 0.6) is 0 Å². The number of hydrogen-bond acceptors (Lipinski definition) is 2. The summed E-state index contributed by atoms with van der Waals surface area (Å²) < 4.78 is 26.3. The van der Waals surface area contributed by atoms with Gasteiger partial charge in [-0.2, -0.15) is 0 Å². The lowest BCUT2D eigenvalue weighted by Crippen LogP contribution is -2.24. The first-order valence-electron chi connectivity index (χ1n) is 7.20. The molecule has 1 unspecified atom stereocenters. The van der Waals surface area contributed by atoms with Crippen molar-refractivity contribution in [2.24, 2.45) is 0 Å². The van der Waals surface area contributed by atoms with E-state index in [9.17, 15) is 8.78 Å². The van der Waals surface area contributed by atoms with Gasteiger partial charge in [-0.3, -0.25) is 4.98 Å². The first-order valence-corrected chi connectivity index (χ1v) is 7.20. The molecule has 1 aromatic heterocycles. The van der Waals surface area contributed by atoms with Crippen LogP contribution in [0.3, 0.4) is 0 Å². The standard InChI is InChI=1S/C17H20F2N2/c1-3-8-20-17(14-6-4-12(2)21-11-14)10-13-5-7-15(18)16(19)9-13/h4-7,9,11,17,20H,3,8,10H2,1-2H3. The zero-order valence-electron chi connectivity index (χ0n) is 12.4. The lowest BCUT2D eigenvalue weighted by Gasteiger charge is -2.19. The van der Waals surface area contributed by atoms with Crippen LogP contribution in [0.1, 0.15) is 36.2 Å². The summed E-state index contributed by atoms with van der Waals surface area (Å²) in [4.78, 5) is 4.31.